The Balaban J connectivity index is 1.73. The van der Waals surface area contributed by atoms with Crippen molar-refractivity contribution >= 4 is 0 Å². The van der Waals surface area contributed by atoms with E-state index in [1.54, 1.807) is 0 Å². The molecule has 1 aromatic carbocycles. The molecule has 0 amide bonds. The predicted octanol–water partition coefficient (Wildman–Crippen LogP) is 4.25. The number of benzene rings is 1. The predicted molar refractivity (Wildman–Crippen MR) is 90.7 cm³/mol. The standard InChI is InChI=1S/C19H25N3/c1-3-16-13-20-19(21-14-16)18-9-7-17(8-10-18)15(2)22-11-5-4-6-12-22/h7-10,13-15H,3-6,11-12H2,1-2H3/t15-/m1/s1. The number of likely N-dealkylation sites (tertiary alicyclic amines) is 1. The number of aryl methyl sites for hydroxylation is 1. The third-order valence-corrected chi connectivity index (χ3v) is 4.70. The molecule has 0 aliphatic carbocycles. The first kappa shape index (κ1) is 15.2. The Bertz CT molecular complexity index is 583. The van der Waals surface area contributed by atoms with Gasteiger partial charge in [-0.25, -0.2) is 9.97 Å². The maximum Gasteiger partial charge on any atom is 0.159 e. The zero-order chi connectivity index (χ0) is 15.4. The Morgan fingerprint density at radius 1 is 1.00 bits per heavy atom. The van der Waals surface area contributed by atoms with E-state index >= 15 is 0 Å². The summed E-state index contributed by atoms with van der Waals surface area (Å²) in [5.41, 5.74) is 3.66. The zero-order valence-corrected chi connectivity index (χ0v) is 13.6. The molecule has 0 spiro atoms. The lowest BCUT2D eigenvalue weighted by atomic mass is 10.0. The Kier molecular flexibility index (Phi) is 4.84. The topological polar surface area (TPSA) is 29.0 Å². The van der Waals surface area contributed by atoms with E-state index in [0.29, 0.717) is 6.04 Å². The fourth-order valence-corrected chi connectivity index (χ4v) is 3.11. The molecule has 0 saturated carbocycles. The molecular weight excluding hydrogens is 270 g/mol. The lowest BCUT2D eigenvalue weighted by Crippen LogP contribution is -2.32. The lowest BCUT2D eigenvalue weighted by molar-refractivity contribution is 0.175. The molecule has 1 aliphatic rings. The highest BCUT2D eigenvalue weighted by Gasteiger charge is 2.18. The second-order valence-electron chi connectivity index (χ2n) is 6.16. The van der Waals surface area contributed by atoms with Crippen molar-refractivity contribution in [2.24, 2.45) is 0 Å². The van der Waals surface area contributed by atoms with Crippen LogP contribution in [-0.2, 0) is 6.42 Å². The molecule has 2 aromatic rings. The summed E-state index contributed by atoms with van der Waals surface area (Å²) in [6.45, 7) is 6.89. The highest BCUT2D eigenvalue weighted by Crippen LogP contribution is 2.25. The van der Waals surface area contributed by atoms with Crippen LogP contribution in [0.25, 0.3) is 11.4 Å². The minimum Gasteiger partial charge on any atom is -0.297 e. The lowest BCUT2D eigenvalue weighted by Gasteiger charge is -2.32. The maximum atomic E-state index is 4.46. The Labute approximate surface area is 133 Å². The van der Waals surface area contributed by atoms with Crippen molar-refractivity contribution in [2.45, 2.75) is 45.6 Å². The largest absolute Gasteiger partial charge is 0.297 e. The smallest absolute Gasteiger partial charge is 0.159 e. The quantitative estimate of drug-likeness (QED) is 0.844. The van der Waals surface area contributed by atoms with Gasteiger partial charge in [0.25, 0.3) is 0 Å². The van der Waals surface area contributed by atoms with Gasteiger partial charge in [-0.15, -0.1) is 0 Å². The summed E-state index contributed by atoms with van der Waals surface area (Å²) in [6, 6.07) is 9.25. The molecule has 1 aromatic heterocycles. The minimum atomic E-state index is 0.498. The van der Waals surface area contributed by atoms with Gasteiger partial charge >= 0.3 is 0 Å². The van der Waals surface area contributed by atoms with Gasteiger partial charge in [0, 0.05) is 24.0 Å². The molecule has 0 unspecified atom stereocenters. The summed E-state index contributed by atoms with van der Waals surface area (Å²) in [5.74, 6) is 0.814. The van der Waals surface area contributed by atoms with Crippen LogP contribution in [-0.4, -0.2) is 28.0 Å². The second-order valence-corrected chi connectivity index (χ2v) is 6.16. The van der Waals surface area contributed by atoms with Gasteiger partial charge < -0.3 is 0 Å². The molecule has 3 rings (SSSR count). The molecule has 1 aliphatic heterocycles. The van der Waals surface area contributed by atoms with Gasteiger partial charge in [0.2, 0.25) is 0 Å². The number of hydrogen-bond acceptors (Lipinski definition) is 3. The van der Waals surface area contributed by atoms with Crippen LogP contribution in [0.4, 0.5) is 0 Å². The first-order valence-electron chi connectivity index (χ1n) is 8.43. The summed E-state index contributed by atoms with van der Waals surface area (Å²) in [4.78, 5) is 11.5. The first-order valence-corrected chi connectivity index (χ1v) is 8.43. The summed E-state index contributed by atoms with van der Waals surface area (Å²) >= 11 is 0. The van der Waals surface area contributed by atoms with Crippen molar-refractivity contribution in [3.63, 3.8) is 0 Å². The van der Waals surface area contributed by atoms with Crippen LogP contribution in [0.5, 0.6) is 0 Å². The van der Waals surface area contributed by atoms with E-state index < -0.39 is 0 Å². The van der Waals surface area contributed by atoms with Gasteiger partial charge in [-0.05, 0) is 50.4 Å². The van der Waals surface area contributed by atoms with Gasteiger partial charge in [-0.2, -0.15) is 0 Å². The number of piperidine rings is 1. The Hall–Kier alpha value is -1.74. The third-order valence-electron chi connectivity index (χ3n) is 4.70. The van der Waals surface area contributed by atoms with Crippen LogP contribution in [0.2, 0.25) is 0 Å². The summed E-state index contributed by atoms with van der Waals surface area (Å²) in [5, 5.41) is 0. The van der Waals surface area contributed by atoms with Crippen LogP contribution in [0.15, 0.2) is 36.7 Å². The first-order chi connectivity index (χ1) is 10.8. The highest BCUT2D eigenvalue weighted by atomic mass is 15.2. The van der Waals surface area contributed by atoms with E-state index in [9.17, 15) is 0 Å². The Morgan fingerprint density at radius 3 is 2.23 bits per heavy atom. The van der Waals surface area contributed by atoms with E-state index in [1.807, 2.05) is 12.4 Å². The van der Waals surface area contributed by atoms with Crippen molar-refractivity contribution in [2.75, 3.05) is 13.1 Å². The van der Waals surface area contributed by atoms with Crippen LogP contribution >= 0.6 is 0 Å². The number of nitrogens with zero attached hydrogens (tertiary/aromatic N) is 3. The molecule has 22 heavy (non-hydrogen) atoms. The summed E-state index contributed by atoms with van der Waals surface area (Å²) < 4.78 is 0. The van der Waals surface area contributed by atoms with Gasteiger partial charge in [0.15, 0.2) is 5.82 Å². The van der Waals surface area contributed by atoms with Gasteiger partial charge in [-0.3, -0.25) is 4.90 Å². The average Bonchev–Trinajstić information content (AvgIpc) is 2.62. The van der Waals surface area contributed by atoms with E-state index in [-0.39, 0.29) is 0 Å². The molecule has 0 bridgehead atoms. The average molecular weight is 295 g/mol. The van der Waals surface area contributed by atoms with Crippen LogP contribution in [0.1, 0.15) is 50.3 Å². The zero-order valence-electron chi connectivity index (χ0n) is 13.6. The van der Waals surface area contributed by atoms with Crippen LogP contribution < -0.4 is 0 Å². The molecule has 3 heteroatoms. The number of hydrogen-bond donors (Lipinski definition) is 0. The fraction of sp³-hybridized carbons (Fsp3) is 0.474. The van der Waals surface area contributed by atoms with E-state index in [0.717, 1.165) is 17.8 Å². The molecular formula is C19H25N3. The summed E-state index contributed by atoms with van der Waals surface area (Å²) in [6.07, 6.45) is 8.87. The van der Waals surface area contributed by atoms with Crippen LogP contribution in [0, 0.1) is 0 Å². The molecule has 0 radical (unpaired) electrons. The van der Waals surface area contributed by atoms with Crippen molar-refractivity contribution in [3.05, 3.63) is 47.8 Å². The molecule has 1 fully saturated rings. The normalized spacial score (nSPS) is 17.4. The molecule has 1 saturated heterocycles. The molecule has 0 N–H and O–H groups in total. The monoisotopic (exact) mass is 295 g/mol. The van der Waals surface area contributed by atoms with Gasteiger partial charge in [-0.1, -0.05) is 37.6 Å². The number of aromatic nitrogens is 2. The van der Waals surface area contributed by atoms with Crippen LogP contribution in [0.3, 0.4) is 0 Å². The van der Waals surface area contributed by atoms with E-state index in [2.05, 4.69) is 53.0 Å². The van der Waals surface area contributed by atoms with Crippen molar-refractivity contribution in [3.8, 4) is 11.4 Å². The van der Waals surface area contributed by atoms with E-state index in [1.165, 1.54) is 43.5 Å². The maximum absolute atomic E-state index is 4.46. The SMILES string of the molecule is CCc1cnc(-c2ccc([C@@H](C)N3CCCCC3)cc2)nc1. The molecule has 3 nitrogen and oxygen atoms in total. The molecule has 1 atom stereocenters. The third kappa shape index (κ3) is 3.36. The van der Waals surface area contributed by atoms with Crippen molar-refractivity contribution < 1.29 is 0 Å². The minimum absolute atomic E-state index is 0.498. The van der Waals surface area contributed by atoms with Gasteiger partial charge in [0.05, 0.1) is 0 Å². The summed E-state index contributed by atoms with van der Waals surface area (Å²) in [7, 11) is 0. The Morgan fingerprint density at radius 2 is 1.64 bits per heavy atom. The number of rotatable bonds is 4. The molecule has 2 heterocycles. The molecule has 116 valence electrons. The van der Waals surface area contributed by atoms with Gasteiger partial charge in [0.1, 0.15) is 0 Å². The second kappa shape index (κ2) is 7.01. The van der Waals surface area contributed by atoms with Crippen molar-refractivity contribution in [1.82, 2.24) is 14.9 Å². The fourth-order valence-electron chi connectivity index (χ4n) is 3.11. The van der Waals surface area contributed by atoms with E-state index in [4.69, 9.17) is 0 Å². The highest BCUT2D eigenvalue weighted by molar-refractivity contribution is 5.55. The van der Waals surface area contributed by atoms with Crippen molar-refractivity contribution in [1.29, 1.82) is 0 Å².